The average molecular weight is 277 g/mol. The number of aromatic nitrogens is 2. The third-order valence-corrected chi connectivity index (χ3v) is 3.83. The van der Waals surface area contributed by atoms with Crippen LogP contribution in [0.5, 0.6) is 0 Å². The number of nitrogens with zero attached hydrogens (tertiary/aromatic N) is 2. The maximum Gasteiger partial charge on any atom is 0.267 e. The highest BCUT2D eigenvalue weighted by Gasteiger charge is 2.28. The fourth-order valence-corrected chi connectivity index (χ4v) is 3.09. The quantitative estimate of drug-likeness (QED) is 0.740. The van der Waals surface area contributed by atoms with Crippen molar-refractivity contribution >= 4 is 45.4 Å². The summed E-state index contributed by atoms with van der Waals surface area (Å²) in [5, 5.41) is 1.27. The molecule has 2 aromatic rings. The van der Waals surface area contributed by atoms with Crippen LogP contribution in [-0.4, -0.2) is 9.55 Å². The number of hydrogen-bond donors (Lipinski definition) is 0. The lowest BCUT2D eigenvalue weighted by atomic mass is 10.2. The van der Waals surface area contributed by atoms with Gasteiger partial charge in [-0.2, -0.15) is 0 Å². The minimum absolute atomic E-state index is 0.119. The summed E-state index contributed by atoms with van der Waals surface area (Å²) in [6.45, 7) is 0. The second kappa shape index (κ2) is 3.25. The Morgan fingerprint density at radius 3 is 2.89 bits per heavy atom. The maximum atomic E-state index is 12.5. The largest absolute Gasteiger partial charge is 0.268 e. The first-order valence-corrected chi connectivity index (χ1v) is 6.23. The van der Waals surface area contributed by atoms with Crippen LogP contribution in [0.15, 0.2) is 29.1 Å². The molecule has 2 heterocycles. The Bertz CT molecular complexity index is 846. The summed E-state index contributed by atoms with van der Waals surface area (Å²) in [6.07, 6.45) is 4.71. The molecule has 0 radical (unpaired) electrons. The van der Waals surface area contributed by atoms with Crippen molar-refractivity contribution in [3.8, 4) is 0 Å². The van der Waals surface area contributed by atoms with Crippen molar-refractivity contribution in [1.29, 1.82) is 0 Å². The van der Waals surface area contributed by atoms with Crippen LogP contribution in [0.1, 0.15) is 12.2 Å². The molecule has 3 nitrogen and oxygen atoms in total. The Morgan fingerprint density at radius 2 is 2.06 bits per heavy atom. The fraction of sp³-hybridized carbons (Fsp3) is 0.0769. The van der Waals surface area contributed by atoms with E-state index >= 15 is 0 Å². The lowest BCUT2D eigenvalue weighted by molar-refractivity contribution is 0.983. The lowest BCUT2D eigenvalue weighted by Gasteiger charge is -2.09. The average Bonchev–Trinajstić information content (AvgIpc) is 2.88. The smallest absolute Gasteiger partial charge is 0.267 e. The van der Waals surface area contributed by atoms with Crippen molar-refractivity contribution < 1.29 is 0 Å². The van der Waals surface area contributed by atoms with Gasteiger partial charge in [-0.05, 0) is 18.2 Å². The molecule has 2 bridgehead atoms. The van der Waals surface area contributed by atoms with Gasteiger partial charge in [-0.1, -0.05) is 29.3 Å². The number of rotatable bonds is 0. The Kier molecular flexibility index (Phi) is 1.87. The van der Waals surface area contributed by atoms with E-state index in [-0.39, 0.29) is 5.56 Å². The van der Waals surface area contributed by atoms with Crippen molar-refractivity contribution in [2.24, 2.45) is 0 Å². The Morgan fingerprint density at radius 1 is 1.22 bits per heavy atom. The third-order valence-electron chi connectivity index (χ3n) is 3.31. The summed E-state index contributed by atoms with van der Waals surface area (Å²) in [5.74, 6) is 0.711. The monoisotopic (exact) mass is 276 g/mol. The molecule has 1 aromatic heterocycles. The Hall–Kier alpha value is -1.58. The van der Waals surface area contributed by atoms with Crippen LogP contribution in [-0.2, 0) is 0 Å². The van der Waals surface area contributed by atoms with E-state index in [0.717, 1.165) is 17.7 Å². The molecule has 2 aliphatic rings. The van der Waals surface area contributed by atoms with Crippen LogP contribution < -0.4 is 5.56 Å². The van der Waals surface area contributed by atoms with Crippen LogP contribution in [0.4, 0.5) is 0 Å². The molecule has 1 aliphatic heterocycles. The molecular formula is C13H6Cl2N2O. The molecule has 18 heavy (non-hydrogen) atoms. The first-order valence-electron chi connectivity index (χ1n) is 5.47. The van der Waals surface area contributed by atoms with Gasteiger partial charge < -0.3 is 0 Å². The van der Waals surface area contributed by atoms with Crippen molar-refractivity contribution in [3.63, 3.8) is 0 Å². The molecule has 4 rings (SSSR count). The summed E-state index contributed by atoms with van der Waals surface area (Å²) in [6, 6.07) is 3.24. The number of hydrogen-bond acceptors (Lipinski definition) is 2. The van der Waals surface area contributed by atoms with E-state index < -0.39 is 0 Å². The van der Waals surface area contributed by atoms with Gasteiger partial charge in [0.25, 0.3) is 5.56 Å². The molecule has 1 aliphatic carbocycles. The number of benzene rings is 1. The summed E-state index contributed by atoms with van der Waals surface area (Å²) >= 11 is 12.0. The normalized spacial score (nSPS) is 15.9. The molecule has 0 unspecified atom stereocenters. The summed E-state index contributed by atoms with van der Waals surface area (Å²) in [5.41, 5.74) is 2.47. The van der Waals surface area contributed by atoms with Crippen LogP contribution in [0.3, 0.4) is 0 Å². The van der Waals surface area contributed by atoms with Gasteiger partial charge in [0.15, 0.2) is 0 Å². The molecule has 0 fully saturated rings. The van der Waals surface area contributed by atoms with Crippen LogP contribution in [0.2, 0.25) is 10.0 Å². The van der Waals surface area contributed by atoms with E-state index in [0.29, 0.717) is 26.8 Å². The van der Waals surface area contributed by atoms with E-state index in [2.05, 4.69) is 4.98 Å². The predicted molar refractivity (Wildman–Crippen MR) is 72.9 cm³/mol. The van der Waals surface area contributed by atoms with Gasteiger partial charge in [0, 0.05) is 22.7 Å². The van der Waals surface area contributed by atoms with E-state index in [4.69, 9.17) is 23.2 Å². The van der Waals surface area contributed by atoms with Crippen LogP contribution in [0, 0.1) is 0 Å². The van der Waals surface area contributed by atoms with Gasteiger partial charge >= 0.3 is 0 Å². The highest BCUT2D eigenvalue weighted by Crippen LogP contribution is 2.38. The van der Waals surface area contributed by atoms with E-state index in [1.54, 1.807) is 16.7 Å². The first-order chi connectivity index (χ1) is 8.65. The zero-order chi connectivity index (χ0) is 12.4. The van der Waals surface area contributed by atoms with Gasteiger partial charge in [0.05, 0.1) is 15.9 Å². The topological polar surface area (TPSA) is 34.9 Å². The van der Waals surface area contributed by atoms with Gasteiger partial charge in [-0.15, -0.1) is 0 Å². The van der Waals surface area contributed by atoms with Crippen molar-refractivity contribution in [1.82, 2.24) is 9.55 Å². The zero-order valence-corrected chi connectivity index (χ0v) is 10.6. The predicted octanol–water partition coefficient (Wildman–Crippen LogP) is 3.34. The molecule has 1 aromatic carbocycles. The molecule has 88 valence electrons. The minimum atomic E-state index is -0.119. The zero-order valence-electron chi connectivity index (χ0n) is 9.08. The maximum absolute atomic E-state index is 12.5. The van der Waals surface area contributed by atoms with E-state index in [1.807, 2.05) is 12.2 Å². The van der Waals surface area contributed by atoms with Gasteiger partial charge in [0.2, 0.25) is 0 Å². The third kappa shape index (κ3) is 1.15. The van der Waals surface area contributed by atoms with E-state index in [1.165, 1.54) is 0 Å². The fourth-order valence-electron chi connectivity index (χ4n) is 2.53. The molecule has 0 amide bonds. The second-order valence-corrected chi connectivity index (χ2v) is 5.23. The molecule has 0 N–H and O–H groups in total. The number of fused-ring (bicyclic) bond motifs is 6. The van der Waals surface area contributed by atoms with Crippen molar-refractivity contribution in [2.45, 2.75) is 6.42 Å². The molecular weight excluding hydrogens is 271 g/mol. The molecule has 0 atom stereocenters. The van der Waals surface area contributed by atoms with Gasteiger partial charge in [-0.3, -0.25) is 9.36 Å². The summed E-state index contributed by atoms with van der Waals surface area (Å²) in [4.78, 5) is 17.0. The highest BCUT2D eigenvalue weighted by atomic mass is 35.5. The second-order valence-electron chi connectivity index (χ2n) is 4.38. The first kappa shape index (κ1) is 10.4. The lowest BCUT2D eigenvalue weighted by Crippen LogP contribution is -2.21. The molecule has 0 saturated carbocycles. The summed E-state index contributed by atoms with van der Waals surface area (Å²) < 4.78 is 1.64. The highest BCUT2D eigenvalue weighted by molar-refractivity contribution is 6.38. The number of halogens is 2. The van der Waals surface area contributed by atoms with Crippen LogP contribution in [0.25, 0.3) is 22.2 Å². The minimum Gasteiger partial charge on any atom is -0.268 e. The van der Waals surface area contributed by atoms with Crippen LogP contribution >= 0.6 is 23.2 Å². The van der Waals surface area contributed by atoms with Crippen molar-refractivity contribution in [3.05, 3.63) is 50.5 Å². The Balaban J connectivity index is 2.25. The Labute approximate surface area is 112 Å². The van der Waals surface area contributed by atoms with Crippen molar-refractivity contribution in [2.75, 3.05) is 0 Å². The SMILES string of the molecule is O=c1c2c(Cl)cc(Cl)cc2nc2n1C1=CC=C2C1. The number of allylic oxidation sites excluding steroid dienone is 4. The standard InChI is InChI=1S/C13H6Cl2N2O/c14-7-4-9(15)11-10(5-7)16-12-6-1-2-8(3-6)17(12)13(11)18/h1-2,4-5H,3H2. The molecule has 0 spiro atoms. The van der Waals surface area contributed by atoms with E-state index in [9.17, 15) is 4.79 Å². The van der Waals surface area contributed by atoms with Gasteiger partial charge in [-0.25, -0.2) is 4.98 Å². The molecule has 0 saturated heterocycles. The molecule has 5 heteroatoms. The van der Waals surface area contributed by atoms with Gasteiger partial charge in [0.1, 0.15) is 5.82 Å². The summed E-state index contributed by atoms with van der Waals surface area (Å²) in [7, 11) is 0.